The summed E-state index contributed by atoms with van der Waals surface area (Å²) in [6.07, 6.45) is -4.71. The van der Waals surface area contributed by atoms with Crippen LogP contribution in [0.15, 0.2) is 36.9 Å². The number of ether oxygens (including phenoxy) is 2. The van der Waals surface area contributed by atoms with Gasteiger partial charge < -0.3 is 25.0 Å². The Balaban J connectivity index is 1.50. The highest BCUT2D eigenvalue weighted by molar-refractivity contribution is 7.91. The van der Waals surface area contributed by atoms with Gasteiger partial charge in [0.15, 0.2) is 0 Å². The van der Waals surface area contributed by atoms with Crippen molar-refractivity contribution in [2.75, 3.05) is 6.54 Å². The van der Waals surface area contributed by atoms with E-state index < -0.39 is 91.6 Å². The number of pyridine rings is 1. The van der Waals surface area contributed by atoms with Gasteiger partial charge in [-0.15, -0.1) is 6.58 Å². The van der Waals surface area contributed by atoms with Gasteiger partial charge in [-0.05, 0) is 64.5 Å². The Hall–Kier alpha value is -4.41. The van der Waals surface area contributed by atoms with E-state index in [1.165, 1.54) is 12.1 Å². The summed E-state index contributed by atoms with van der Waals surface area (Å²) >= 11 is 0. The predicted octanol–water partition coefficient (Wildman–Crippen LogP) is 4.52. The van der Waals surface area contributed by atoms with Crippen LogP contribution in [-0.2, 0) is 35.3 Å². The number of aryl methyl sites for hydroxylation is 1. The molecule has 0 spiro atoms. The zero-order valence-electron chi connectivity index (χ0n) is 30.7. The SMILES string of the molecule is C=C[C@@H]1C[C@]1(NC(=O)[C@@H]1C[C@@H](Oc2cc(C(F)(F)F)nc3ccc(C)cc23)CN1C(=O)[C@@H](NC(=O)OC(C)(C)C)C(C)(C)C)C(=O)NS(=O)(=O)C1CC1. The minimum absolute atomic E-state index is 0.0216. The molecular formula is C36H46F3N5O8S. The number of rotatable bonds is 10. The van der Waals surface area contributed by atoms with Crippen molar-refractivity contribution >= 4 is 44.7 Å². The van der Waals surface area contributed by atoms with Gasteiger partial charge in [0.1, 0.15) is 40.8 Å². The van der Waals surface area contributed by atoms with Crippen LogP contribution >= 0.6 is 0 Å². The number of carbonyl (C=O) groups is 4. The number of hydrogen-bond donors (Lipinski definition) is 3. The Labute approximate surface area is 306 Å². The second-order valence-electron chi connectivity index (χ2n) is 16.1. The van der Waals surface area contributed by atoms with Gasteiger partial charge in [-0.25, -0.2) is 18.2 Å². The number of aromatic nitrogens is 1. The molecule has 2 aliphatic carbocycles. The number of benzene rings is 1. The van der Waals surface area contributed by atoms with E-state index in [1.54, 1.807) is 60.6 Å². The third-order valence-electron chi connectivity index (χ3n) is 9.38. The van der Waals surface area contributed by atoms with E-state index in [2.05, 4.69) is 26.9 Å². The Morgan fingerprint density at radius 1 is 1.08 bits per heavy atom. The van der Waals surface area contributed by atoms with Crippen LogP contribution in [0.5, 0.6) is 5.75 Å². The summed E-state index contributed by atoms with van der Waals surface area (Å²) in [6.45, 7) is 15.2. The van der Waals surface area contributed by atoms with E-state index >= 15 is 0 Å². The molecule has 13 nitrogen and oxygen atoms in total. The fourth-order valence-electron chi connectivity index (χ4n) is 6.36. The van der Waals surface area contributed by atoms with Crippen LogP contribution in [-0.4, -0.2) is 83.2 Å². The third-order valence-corrected chi connectivity index (χ3v) is 11.2. The lowest BCUT2D eigenvalue weighted by molar-refractivity contribution is -0.143. The molecule has 3 fully saturated rings. The topological polar surface area (TPSA) is 173 Å². The molecule has 5 rings (SSSR count). The van der Waals surface area contributed by atoms with E-state index in [4.69, 9.17) is 9.47 Å². The Kier molecular flexibility index (Phi) is 10.3. The summed E-state index contributed by atoms with van der Waals surface area (Å²) < 4.78 is 80.8. The van der Waals surface area contributed by atoms with Gasteiger partial charge in [0.2, 0.25) is 21.8 Å². The summed E-state index contributed by atoms with van der Waals surface area (Å²) in [5.74, 6) is -3.28. The zero-order chi connectivity index (χ0) is 39.5. The largest absolute Gasteiger partial charge is 0.488 e. The average molecular weight is 766 g/mol. The first-order chi connectivity index (χ1) is 24.3. The highest BCUT2D eigenvalue weighted by Crippen LogP contribution is 2.46. The van der Waals surface area contributed by atoms with Gasteiger partial charge in [0, 0.05) is 23.8 Å². The first-order valence-electron chi connectivity index (χ1n) is 17.3. The maximum atomic E-state index is 14.4. The fraction of sp³-hybridized carbons (Fsp3) is 0.583. The van der Waals surface area contributed by atoms with Gasteiger partial charge in [-0.2, -0.15) is 13.2 Å². The summed E-state index contributed by atoms with van der Waals surface area (Å²) in [5.41, 5.74) is -3.96. The van der Waals surface area contributed by atoms with Crippen molar-refractivity contribution in [3.63, 3.8) is 0 Å². The van der Waals surface area contributed by atoms with Crippen molar-refractivity contribution in [3.05, 3.63) is 48.2 Å². The van der Waals surface area contributed by atoms with Gasteiger partial charge in [-0.1, -0.05) is 38.5 Å². The number of nitrogens with one attached hydrogen (secondary N) is 3. The maximum Gasteiger partial charge on any atom is 0.433 e. The second-order valence-corrected chi connectivity index (χ2v) is 18.1. The number of halogens is 3. The number of likely N-dealkylation sites (tertiary alicyclic amines) is 1. The number of sulfonamides is 1. The molecule has 3 aliphatic rings. The normalized spacial score (nSPS) is 23.9. The second kappa shape index (κ2) is 13.8. The number of fused-ring (bicyclic) bond motifs is 1. The van der Waals surface area contributed by atoms with E-state index in [0.29, 0.717) is 12.8 Å². The van der Waals surface area contributed by atoms with E-state index in [0.717, 1.165) is 16.5 Å². The molecule has 2 heterocycles. The van der Waals surface area contributed by atoms with Crippen LogP contribution in [0.4, 0.5) is 18.0 Å². The molecule has 1 saturated heterocycles. The van der Waals surface area contributed by atoms with Crippen LogP contribution in [0.25, 0.3) is 10.9 Å². The van der Waals surface area contributed by atoms with Crippen LogP contribution in [0.2, 0.25) is 0 Å². The highest BCUT2D eigenvalue weighted by atomic mass is 32.2. The maximum absolute atomic E-state index is 14.4. The lowest BCUT2D eigenvalue weighted by Crippen LogP contribution is -2.60. The molecule has 1 aromatic heterocycles. The predicted molar refractivity (Wildman–Crippen MR) is 188 cm³/mol. The van der Waals surface area contributed by atoms with Crippen LogP contribution < -0.4 is 20.1 Å². The lowest BCUT2D eigenvalue weighted by atomic mass is 9.85. The zero-order valence-corrected chi connectivity index (χ0v) is 31.5. The van der Waals surface area contributed by atoms with Crippen molar-refractivity contribution in [1.82, 2.24) is 25.2 Å². The van der Waals surface area contributed by atoms with E-state index in [-0.39, 0.29) is 36.0 Å². The molecule has 2 aromatic rings. The third kappa shape index (κ3) is 8.87. The summed E-state index contributed by atoms with van der Waals surface area (Å²) in [6, 6.07) is 2.81. The molecule has 3 N–H and O–H groups in total. The van der Waals surface area contributed by atoms with Crippen molar-refractivity contribution < 1.29 is 50.2 Å². The molecule has 0 radical (unpaired) electrons. The Morgan fingerprint density at radius 3 is 2.28 bits per heavy atom. The highest BCUT2D eigenvalue weighted by Gasteiger charge is 2.62. The molecular weight excluding hydrogens is 719 g/mol. The summed E-state index contributed by atoms with van der Waals surface area (Å²) in [7, 11) is -3.98. The molecule has 53 heavy (non-hydrogen) atoms. The Morgan fingerprint density at radius 2 is 1.74 bits per heavy atom. The Bertz CT molecular complexity index is 1940. The van der Waals surface area contributed by atoms with Gasteiger partial charge in [0.05, 0.1) is 17.3 Å². The van der Waals surface area contributed by atoms with E-state index in [9.17, 15) is 40.8 Å². The number of carbonyl (C=O) groups excluding carboxylic acids is 4. The molecule has 1 aromatic carbocycles. The molecule has 2 saturated carbocycles. The smallest absolute Gasteiger partial charge is 0.433 e. The number of alkyl halides is 3. The molecule has 5 atom stereocenters. The minimum Gasteiger partial charge on any atom is -0.488 e. The first-order valence-corrected chi connectivity index (χ1v) is 18.8. The number of hydrogen-bond acceptors (Lipinski definition) is 9. The van der Waals surface area contributed by atoms with Crippen LogP contribution in [0, 0.1) is 18.3 Å². The number of nitrogens with zero attached hydrogens (tertiary/aromatic N) is 2. The van der Waals surface area contributed by atoms with Crippen molar-refractivity contribution in [1.29, 1.82) is 0 Å². The quantitative estimate of drug-likeness (QED) is 0.294. The summed E-state index contributed by atoms with van der Waals surface area (Å²) in [5, 5.41) is 4.84. The van der Waals surface area contributed by atoms with Gasteiger partial charge in [0.25, 0.3) is 5.91 Å². The average Bonchev–Trinajstić information content (AvgIpc) is 3.94. The van der Waals surface area contributed by atoms with Crippen molar-refractivity contribution in [2.24, 2.45) is 11.3 Å². The number of alkyl carbamates (subject to hydrolysis) is 1. The van der Waals surface area contributed by atoms with Gasteiger partial charge >= 0.3 is 12.3 Å². The van der Waals surface area contributed by atoms with Gasteiger partial charge in [-0.3, -0.25) is 19.1 Å². The fourth-order valence-corrected chi connectivity index (χ4v) is 7.73. The monoisotopic (exact) mass is 765 g/mol. The molecule has 1 aliphatic heterocycles. The first kappa shape index (κ1) is 39.8. The van der Waals surface area contributed by atoms with Crippen molar-refractivity contribution in [2.45, 2.75) is 115 Å². The molecule has 0 unspecified atom stereocenters. The lowest BCUT2D eigenvalue weighted by Gasteiger charge is -2.36. The summed E-state index contributed by atoms with van der Waals surface area (Å²) in [4.78, 5) is 59.9. The standard InChI is InChI=1S/C36H46F3N5O8S/c1-9-20-17-35(20,31(47)43-53(49,50)22-11-12-22)42-29(45)25-15-21(18-44(25)30(46)28(33(3,4)5)41-32(48)52-34(6,7)8)51-26-16-27(36(37,38)39)40-24-13-10-19(2)14-23(24)26/h9-10,13-14,16,20-22,25,28H,1,11-12,15,17-18H2,2-8H3,(H,41,48)(H,42,45)(H,43,47)/t20-,21-,25+,28-,35-/m1/s1. The molecule has 0 bridgehead atoms. The van der Waals surface area contributed by atoms with Crippen molar-refractivity contribution in [3.8, 4) is 5.75 Å². The molecule has 4 amide bonds. The van der Waals surface area contributed by atoms with Crippen LogP contribution in [0.3, 0.4) is 0 Å². The molecule has 17 heteroatoms. The minimum atomic E-state index is -4.81. The number of amides is 4. The van der Waals surface area contributed by atoms with E-state index in [1.807, 2.05) is 0 Å². The molecule has 290 valence electrons. The van der Waals surface area contributed by atoms with Crippen LogP contribution in [0.1, 0.15) is 78.5 Å².